The van der Waals surface area contributed by atoms with Crippen LogP contribution < -0.4 is 14.8 Å². The Morgan fingerprint density at radius 1 is 1.03 bits per heavy atom. The molecule has 8 nitrogen and oxygen atoms in total. The number of nitrogens with one attached hydrogen (secondary N) is 1. The van der Waals surface area contributed by atoms with Gasteiger partial charge in [0.2, 0.25) is 5.91 Å². The lowest BCUT2D eigenvalue weighted by Gasteiger charge is -2.18. The van der Waals surface area contributed by atoms with E-state index >= 15 is 0 Å². The molecule has 0 radical (unpaired) electrons. The second kappa shape index (κ2) is 9.17. The first-order chi connectivity index (χ1) is 14.2. The summed E-state index contributed by atoms with van der Waals surface area (Å²) < 4.78 is 41.0. The summed E-state index contributed by atoms with van der Waals surface area (Å²) in [6, 6.07) is 10.6. The van der Waals surface area contributed by atoms with Crippen molar-refractivity contribution in [1.29, 1.82) is 0 Å². The van der Waals surface area contributed by atoms with E-state index in [4.69, 9.17) is 14.2 Å². The number of ether oxygens (including phenoxy) is 3. The first-order valence-corrected chi connectivity index (χ1v) is 11.1. The maximum atomic E-state index is 12.6. The van der Waals surface area contributed by atoms with Crippen LogP contribution in [-0.2, 0) is 19.4 Å². The van der Waals surface area contributed by atoms with E-state index in [9.17, 15) is 18.0 Å². The van der Waals surface area contributed by atoms with Crippen molar-refractivity contribution in [3.05, 3.63) is 48.0 Å². The Morgan fingerprint density at radius 2 is 1.70 bits per heavy atom. The average molecular weight is 433 g/mol. The molecular formula is C21H23NO7S. The van der Waals surface area contributed by atoms with Crippen molar-refractivity contribution in [1.82, 2.24) is 0 Å². The number of esters is 1. The Balaban J connectivity index is 1.57. The number of hydrogen-bond acceptors (Lipinski definition) is 7. The molecule has 1 aliphatic rings. The zero-order valence-electron chi connectivity index (χ0n) is 16.7. The third kappa shape index (κ3) is 5.50. The van der Waals surface area contributed by atoms with Crippen LogP contribution in [0, 0.1) is 0 Å². The van der Waals surface area contributed by atoms with Crippen LogP contribution >= 0.6 is 0 Å². The van der Waals surface area contributed by atoms with E-state index in [1.54, 1.807) is 32.0 Å². The van der Waals surface area contributed by atoms with E-state index in [-0.39, 0.29) is 23.2 Å². The minimum atomic E-state index is -3.67. The maximum absolute atomic E-state index is 12.6. The molecule has 9 heteroatoms. The summed E-state index contributed by atoms with van der Waals surface area (Å²) in [5, 5.41) is 2.62. The molecule has 0 aliphatic carbocycles. The summed E-state index contributed by atoms with van der Waals surface area (Å²) in [4.78, 5) is 24.1. The monoisotopic (exact) mass is 433 g/mol. The van der Waals surface area contributed by atoms with Crippen molar-refractivity contribution in [2.24, 2.45) is 0 Å². The molecule has 0 saturated carbocycles. The van der Waals surface area contributed by atoms with Crippen molar-refractivity contribution in [2.45, 2.75) is 31.3 Å². The molecule has 2 aromatic carbocycles. The highest BCUT2D eigenvalue weighted by Crippen LogP contribution is 2.32. The standard InChI is InChI=1S/C21H23NO7S/c1-14(2)29-21(24)15-3-5-16(6-4-15)22-20(23)9-12-30(25,26)17-7-8-18-19(13-17)28-11-10-27-18/h3-8,13-14H,9-12H2,1-2H3,(H,22,23). The molecule has 30 heavy (non-hydrogen) atoms. The largest absolute Gasteiger partial charge is 0.486 e. The van der Waals surface area contributed by atoms with Crippen LogP contribution in [0.5, 0.6) is 11.5 Å². The lowest BCUT2D eigenvalue weighted by Crippen LogP contribution is -2.18. The molecule has 0 unspecified atom stereocenters. The van der Waals surface area contributed by atoms with Gasteiger partial charge in [-0.3, -0.25) is 4.79 Å². The Labute approximate surface area is 175 Å². The van der Waals surface area contributed by atoms with Gasteiger partial charge in [0, 0.05) is 18.2 Å². The minimum absolute atomic E-state index is 0.0765. The highest BCUT2D eigenvalue weighted by atomic mass is 32.2. The van der Waals surface area contributed by atoms with Crippen LogP contribution in [0.25, 0.3) is 0 Å². The van der Waals surface area contributed by atoms with Gasteiger partial charge in [-0.25, -0.2) is 13.2 Å². The van der Waals surface area contributed by atoms with E-state index in [0.29, 0.717) is 36.0 Å². The minimum Gasteiger partial charge on any atom is -0.486 e. The molecule has 0 atom stereocenters. The fraction of sp³-hybridized carbons (Fsp3) is 0.333. The van der Waals surface area contributed by atoms with Gasteiger partial charge in [-0.1, -0.05) is 0 Å². The summed E-state index contributed by atoms with van der Waals surface area (Å²) in [7, 11) is -3.67. The molecule has 1 aliphatic heterocycles. The van der Waals surface area contributed by atoms with Crippen LogP contribution in [0.15, 0.2) is 47.4 Å². The number of benzene rings is 2. The van der Waals surface area contributed by atoms with E-state index in [1.165, 1.54) is 24.3 Å². The lowest BCUT2D eigenvalue weighted by molar-refractivity contribution is -0.115. The number of sulfone groups is 1. The lowest BCUT2D eigenvalue weighted by atomic mass is 10.2. The zero-order chi connectivity index (χ0) is 21.7. The smallest absolute Gasteiger partial charge is 0.338 e. The average Bonchev–Trinajstić information content (AvgIpc) is 2.72. The maximum Gasteiger partial charge on any atom is 0.338 e. The van der Waals surface area contributed by atoms with E-state index in [2.05, 4.69) is 5.32 Å². The molecule has 160 valence electrons. The molecule has 0 saturated heterocycles. The Morgan fingerprint density at radius 3 is 2.37 bits per heavy atom. The molecule has 0 aromatic heterocycles. The highest BCUT2D eigenvalue weighted by molar-refractivity contribution is 7.91. The van der Waals surface area contributed by atoms with Crippen LogP contribution in [-0.4, -0.2) is 45.4 Å². The number of anilines is 1. The van der Waals surface area contributed by atoms with Gasteiger partial charge in [0.05, 0.1) is 22.3 Å². The number of carbonyl (C=O) groups excluding carboxylic acids is 2. The van der Waals surface area contributed by atoms with Crippen molar-refractivity contribution in [2.75, 3.05) is 24.3 Å². The highest BCUT2D eigenvalue weighted by Gasteiger charge is 2.20. The van der Waals surface area contributed by atoms with E-state index in [0.717, 1.165) is 0 Å². The van der Waals surface area contributed by atoms with Gasteiger partial charge in [-0.05, 0) is 50.2 Å². The van der Waals surface area contributed by atoms with Crippen LogP contribution in [0.4, 0.5) is 5.69 Å². The Kier molecular flexibility index (Phi) is 6.61. The van der Waals surface area contributed by atoms with Gasteiger partial charge in [0.25, 0.3) is 0 Å². The molecule has 3 rings (SSSR count). The number of fused-ring (bicyclic) bond motifs is 1. The molecule has 0 bridgehead atoms. The number of carbonyl (C=O) groups is 2. The summed E-state index contributed by atoms with van der Waals surface area (Å²) >= 11 is 0. The third-order valence-electron chi connectivity index (χ3n) is 4.22. The van der Waals surface area contributed by atoms with Crippen molar-refractivity contribution >= 4 is 27.4 Å². The number of hydrogen-bond donors (Lipinski definition) is 1. The van der Waals surface area contributed by atoms with Crippen LogP contribution in [0.3, 0.4) is 0 Å². The van der Waals surface area contributed by atoms with Gasteiger partial charge < -0.3 is 19.5 Å². The predicted octanol–water partition coefficient (Wildman–Crippen LogP) is 2.83. The third-order valence-corrected chi connectivity index (χ3v) is 5.93. The second-order valence-corrected chi connectivity index (χ2v) is 9.06. The van der Waals surface area contributed by atoms with Gasteiger partial charge >= 0.3 is 5.97 Å². The topological polar surface area (TPSA) is 108 Å². The molecule has 1 heterocycles. The first kappa shape index (κ1) is 21.6. The van der Waals surface area contributed by atoms with Gasteiger partial charge in [0.1, 0.15) is 13.2 Å². The van der Waals surface area contributed by atoms with Gasteiger partial charge in [0.15, 0.2) is 21.3 Å². The van der Waals surface area contributed by atoms with Crippen molar-refractivity contribution in [3.63, 3.8) is 0 Å². The van der Waals surface area contributed by atoms with Crippen molar-refractivity contribution < 1.29 is 32.2 Å². The van der Waals surface area contributed by atoms with Gasteiger partial charge in [-0.15, -0.1) is 0 Å². The van der Waals surface area contributed by atoms with Crippen LogP contribution in [0.2, 0.25) is 0 Å². The second-order valence-electron chi connectivity index (χ2n) is 6.95. The number of amides is 1. The molecular weight excluding hydrogens is 410 g/mol. The predicted molar refractivity (Wildman–Crippen MR) is 110 cm³/mol. The molecule has 1 N–H and O–H groups in total. The molecule has 1 amide bonds. The summed E-state index contributed by atoms with van der Waals surface area (Å²) in [6.07, 6.45) is -0.443. The SMILES string of the molecule is CC(C)OC(=O)c1ccc(NC(=O)CCS(=O)(=O)c2ccc3c(c2)OCCO3)cc1. The van der Waals surface area contributed by atoms with Crippen LogP contribution in [0.1, 0.15) is 30.6 Å². The number of rotatable bonds is 7. The molecule has 2 aromatic rings. The van der Waals surface area contributed by atoms with Gasteiger partial charge in [-0.2, -0.15) is 0 Å². The van der Waals surface area contributed by atoms with E-state index in [1.807, 2.05) is 0 Å². The Hall–Kier alpha value is -3.07. The fourth-order valence-corrected chi connectivity index (χ4v) is 4.01. The quantitative estimate of drug-likeness (QED) is 0.669. The first-order valence-electron chi connectivity index (χ1n) is 9.48. The normalized spacial score (nSPS) is 13.0. The summed E-state index contributed by atoms with van der Waals surface area (Å²) in [5.41, 5.74) is 0.820. The molecule has 0 spiro atoms. The zero-order valence-corrected chi connectivity index (χ0v) is 17.5. The van der Waals surface area contributed by atoms with E-state index < -0.39 is 21.7 Å². The van der Waals surface area contributed by atoms with Crippen molar-refractivity contribution in [3.8, 4) is 11.5 Å². The fourth-order valence-electron chi connectivity index (χ4n) is 2.76. The summed E-state index contributed by atoms with van der Waals surface area (Å²) in [5.74, 6) is -0.374. The molecule has 0 fully saturated rings. The summed E-state index contributed by atoms with van der Waals surface area (Å²) in [6.45, 7) is 4.28. The Bertz CT molecular complexity index is 1030.